The van der Waals surface area contributed by atoms with E-state index >= 15 is 0 Å². The number of hydrogen-bond donors (Lipinski definition) is 1. The molecule has 0 aliphatic rings. The molecule has 26 heavy (non-hydrogen) atoms. The largest absolute Gasteiger partial charge is 0.355 e. The van der Waals surface area contributed by atoms with Crippen molar-refractivity contribution in [3.63, 3.8) is 0 Å². The van der Waals surface area contributed by atoms with Crippen molar-refractivity contribution in [3.8, 4) is 11.3 Å². The number of allylic oxidation sites excluding steroid dienone is 1. The minimum Gasteiger partial charge on any atom is -0.355 e. The first kappa shape index (κ1) is 23.6. The average Bonchev–Trinajstić information content (AvgIpc) is 2.60. The van der Waals surface area contributed by atoms with E-state index in [1.165, 1.54) is 5.56 Å². The second-order valence-electron chi connectivity index (χ2n) is 7.47. The second kappa shape index (κ2) is 12.0. The molecule has 0 saturated heterocycles. The molecule has 1 N–H and O–H groups in total. The van der Waals surface area contributed by atoms with Gasteiger partial charge < -0.3 is 5.32 Å². The summed E-state index contributed by atoms with van der Waals surface area (Å²) in [5.41, 5.74) is 4.20. The summed E-state index contributed by atoms with van der Waals surface area (Å²) < 4.78 is 0. The summed E-state index contributed by atoms with van der Waals surface area (Å²) in [7, 11) is 1.63. The van der Waals surface area contributed by atoms with Gasteiger partial charge in [0.1, 0.15) is 0 Å². The predicted molar refractivity (Wildman–Crippen MR) is 113 cm³/mol. The van der Waals surface area contributed by atoms with Crippen LogP contribution in [-0.2, 0) is 6.42 Å². The van der Waals surface area contributed by atoms with Crippen LogP contribution in [0.3, 0.4) is 0 Å². The molecule has 2 aromatic rings. The molecule has 0 fully saturated rings. The molecule has 0 saturated carbocycles. The van der Waals surface area contributed by atoms with Gasteiger partial charge in [0.25, 0.3) is 5.91 Å². The molecule has 0 spiro atoms. The Labute approximate surface area is 159 Å². The van der Waals surface area contributed by atoms with Crippen LogP contribution < -0.4 is 5.32 Å². The first-order valence-electron chi connectivity index (χ1n) is 9.00. The molecule has 142 valence electrons. The fourth-order valence-electron chi connectivity index (χ4n) is 1.77. The lowest BCUT2D eigenvalue weighted by molar-refractivity contribution is 0.0963. The summed E-state index contributed by atoms with van der Waals surface area (Å²) in [6.45, 7) is 16.1. The predicted octanol–water partition coefficient (Wildman–Crippen LogP) is 5.92. The second-order valence-corrected chi connectivity index (χ2v) is 7.47. The van der Waals surface area contributed by atoms with Crippen molar-refractivity contribution in [2.75, 3.05) is 7.05 Å². The van der Waals surface area contributed by atoms with Crippen LogP contribution in [0.1, 0.15) is 57.5 Å². The number of aryl methyl sites for hydroxylation is 1. The molecule has 0 bridgehead atoms. The lowest BCUT2D eigenvalue weighted by Gasteiger charge is -2.05. The van der Waals surface area contributed by atoms with Gasteiger partial charge in [-0.05, 0) is 42.5 Å². The van der Waals surface area contributed by atoms with Crippen LogP contribution in [0.4, 0.5) is 0 Å². The summed E-state index contributed by atoms with van der Waals surface area (Å²) >= 11 is 0. The number of hydrogen-bond acceptors (Lipinski definition) is 2. The number of pyridine rings is 1. The Kier molecular flexibility index (Phi) is 10.9. The number of carbonyl (C=O) groups excluding carboxylic acids is 1. The van der Waals surface area contributed by atoms with E-state index in [2.05, 4.69) is 57.6 Å². The van der Waals surface area contributed by atoms with Gasteiger partial charge in [0, 0.05) is 24.4 Å². The van der Waals surface area contributed by atoms with E-state index in [4.69, 9.17) is 0 Å². The zero-order valence-corrected chi connectivity index (χ0v) is 17.4. The smallest absolute Gasteiger partial charge is 0.251 e. The first-order valence-corrected chi connectivity index (χ1v) is 9.00. The van der Waals surface area contributed by atoms with Crippen molar-refractivity contribution in [2.24, 2.45) is 5.41 Å². The van der Waals surface area contributed by atoms with Gasteiger partial charge in [-0.25, -0.2) is 0 Å². The molecular formula is C23H34N2O. The molecule has 0 aliphatic carbocycles. The molecular weight excluding hydrogens is 320 g/mol. The third-order valence-corrected chi connectivity index (χ3v) is 2.88. The fraction of sp³-hybridized carbons (Fsp3) is 0.391. The molecule has 1 amide bonds. The summed E-state index contributed by atoms with van der Waals surface area (Å²) in [6, 6.07) is 11.5. The Hall–Kier alpha value is -2.42. The Morgan fingerprint density at radius 1 is 1.19 bits per heavy atom. The van der Waals surface area contributed by atoms with Crippen LogP contribution in [0.15, 0.2) is 55.3 Å². The highest BCUT2D eigenvalue weighted by Gasteiger charge is 2.05. The van der Waals surface area contributed by atoms with E-state index in [-0.39, 0.29) is 5.91 Å². The third kappa shape index (κ3) is 10.4. The van der Waals surface area contributed by atoms with E-state index in [9.17, 15) is 4.79 Å². The summed E-state index contributed by atoms with van der Waals surface area (Å²) in [5.74, 6) is -0.0815. The number of nitrogens with zero attached hydrogens (tertiary/aromatic N) is 1. The minimum absolute atomic E-state index is 0.0815. The van der Waals surface area contributed by atoms with Gasteiger partial charge in [0.15, 0.2) is 0 Å². The lowest BCUT2D eigenvalue weighted by atomic mass is 10.0. The summed E-state index contributed by atoms with van der Waals surface area (Å²) in [4.78, 5) is 16.0. The zero-order valence-electron chi connectivity index (χ0n) is 17.4. The van der Waals surface area contributed by atoms with Crippen LogP contribution in [0.2, 0.25) is 0 Å². The SMILES string of the molecule is C=CC.CC(C)(C)C.CCc1ccc(-c2cccc(C(=O)NC)c2)nc1. The lowest BCUT2D eigenvalue weighted by Crippen LogP contribution is -2.17. The molecule has 0 unspecified atom stereocenters. The molecule has 3 heteroatoms. The van der Waals surface area contributed by atoms with Gasteiger partial charge >= 0.3 is 0 Å². The molecule has 1 heterocycles. The van der Waals surface area contributed by atoms with E-state index in [1.54, 1.807) is 19.2 Å². The van der Waals surface area contributed by atoms with Gasteiger partial charge in [-0.3, -0.25) is 9.78 Å². The van der Waals surface area contributed by atoms with Gasteiger partial charge in [0.2, 0.25) is 0 Å². The Morgan fingerprint density at radius 3 is 2.19 bits per heavy atom. The van der Waals surface area contributed by atoms with Gasteiger partial charge in [0.05, 0.1) is 5.69 Å². The van der Waals surface area contributed by atoms with Crippen LogP contribution in [0.25, 0.3) is 11.3 Å². The Bertz CT molecular complexity index is 661. The highest BCUT2D eigenvalue weighted by Crippen LogP contribution is 2.18. The highest BCUT2D eigenvalue weighted by atomic mass is 16.1. The topological polar surface area (TPSA) is 42.0 Å². The van der Waals surface area contributed by atoms with E-state index < -0.39 is 0 Å². The van der Waals surface area contributed by atoms with Gasteiger partial charge in [-0.1, -0.05) is 58.9 Å². The first-order chi connectivity index (χ1) is 12.2. The molecule has 0 atom stereocenters. The maximum atomic E-state index is 11.6. The summed E-state index contributed by atoms with van der Waals surface area (Å²) in [5, 5.41) is 2.62. The normalized spacial score (nSPS) is 9.81. The highest BCUT2D eigenvalue weighted by molar-refractivity contribution is 5.95. The third-order valence-electron chi connectivity index (χ3n) is 2.88. The van der Waals surface area contributed by atoms with Crippen molar-refractivity contribution in [2.45, 2.75) is 48.0 Å². The number of aromatic nitrogens is 1. The molecule has 1 aromatic heterocycles. The monoisotopic (exact) mass is 354 g/mol. The molecule has 0 radical (unpaired) electrons. The molecule has 1 aromatic carbocycles. The van der Waals surface area contributed by atoms with Crippen molar-refractivity contribution in [3.05, 3.63) is 66.4 Å². The van der Waals surface area contributed by atoms with Crippen molar-refractivity contribution < 1.29 is 4.79 Å². The van der Waals surface area contributed by atoms with Gasteiger partial charge in [-0.2, -0.15) is 0 Å². The van der Waals surface area contributed by atoms with E-state index in [0.29, 0.717) is 11.0 Å². The maximum absolute atomic E-state index is 11.6. The van der Waals surface area contributed by atoms with Crippen LogP contribution in [0, 0.1) is 5.41 Å². The number of amides is 1. The zero-order chi connectivity index (χ0) is 20.2. The van der Waals surface area contributed by atoms with E-state index in [1.807, 2.05) is 37.4 Å². The minimum atomic E-state index is -0.0815. The Morgan fingerprint density at radius 2 is 1.77 bits per heavy atom. The van der Waals surface area contributed by atoms with E-state index in [0.717, 1.165) is 17.7 Å². The molecule has 2 rings (SSSR count). The number of carbonyl (C=O) groups is 1. The maximum Gasteiger partial charge on any atom is 0.251 e. The number of nitrogens with one attached hydrogen (secondary N) is 1. The average molecular weight is 355 g/mol. The van der Waals surface area contributed by atoms with Crippen molar-refractivity contribution in [1.82, 2.24) is 10.3 Å². The molecule has 0 aliphatic heterocycles. The van der Waals surface area contributed by atoms with Crippen LogP contribution in [0.5, 0.6) is 0 Å². The van der Waals surface area contributed by atoms with Crippen LogP contribution >= 0.6 is 0 Å². The quantitative estimate of drug-likeness (QED) is 0.696. The van der Waals surface area contributed by atoms with Crippen molar-refractivity contribution in [1.29, 1.82) is 0 Å². The number of rotatable bonds is 3. The fourth-order valence-corrected chi connectivity index (χ4v) is 1.77. The number of benzene rings is 1. The Balaban J connectivity index is 0.000000663. The standard InChI is InChI=1S/C15H16N2O.C5H12.C3H6/c1-3-11-7-8-14(17-10-11)12-5-4-6-13(9-12)15(18)16-2;1-5(2,3)4;1-3-2/h4-10H,3H2,1-2H3,(H,16,18);1-4H3;3H,1H2,2H3. The van der Waals surface area contributed by atoms with Crippen LogP contribution in [-0.4, -0.2) is 17.9 Å². The van der Waals surface area contributed by atoms with Crippen molar-refractivity contribution >= 4 is 5.91 Å². The molecule has 3 nitrogen and oxygen atoms in total. The van der Waals surface area contributed by atoms with Gasteiger partial charge in [-0.15, -0.1) is 6.58 Å². The summed E-state index contributed by atoms with van der Waals surface area (Å²) in [6.07, 6.45) is 4.60.